The normalized spacial score (nSPS) is 12.3. The second-order valence-corrected chi connectivity index (χ2v) is 6.91. The fourth-order valence-corrected chi connectivity index (χ4v) is 3.15. The second-order valence-electron chi connectivity index (χ2n) is 5.96. The van der Waals surface area contributed by atoms with Gasteiger partial charge in [-0.25, -0.2) is 0 Å². The molecule has 0 aliphatic carbocycles. The van der Waals surface area contributed by atoms with Crippen LogP contribution in [-0.2, 0) is 6.54 Å². The maximum Gasteiger partial charge on any atom is 0.251 e. The first-order valence-corrected chi connectivity index (χ1v) is 8.80. The first kappa shape index (κ1) is 16.4. The van der Waals surface area contributed by atoms with E-state index >= 15 is 0 Å². The molecule has 5 nitrogen and oxygen atoms in total. The minimum atomic E-state index is -0.0708. The van der Waals surface area contributed by atoms with E-state index < -0.39 is 0 Å². The van der Waals surface area contributed by atoms with E-state index in [1.165, 1.54) is 4.88 Å². The lowest BCUT2D eigenvalue weighted by atomic mass is 10.0. The Balaban J connectivity index is 1.68. The van der Waals surface area contributed by atoms with Crippen LogP contribution in [0.3, 0.4) is 0 Å². The van der Waals surface area contributed by atoms with Crippen molar-refractivity contribution in [1.29, 1.82) is 0 Å². The Bertz CT molecular complexity index is 764. The van der Waals surface area contributed by atoms with Crippen LogP contribution >= 0.6 is 11.3 Å². The standard InChI is InChI=1S/C18H20N4OS/c1-13(2)16(12-22-19-9-10-20-22)21-18(23)15-7-5-14(6-8-15)17-4-3-11-24-17/h3-11,13,16H,12H2,1-2H3,(H,21,23)/t16-/m1/s1. The van der Waals surface area contributed by atoms with Crippen LogP contribution < -0.4 is 5.32 Å². The molecule has 3 aromatic rings. The van der Waals surface area contributed by atoms with Crippen molar-refractivity contribution in [3.8, 4) is 10.4 Å². The molecule has 1 amide bonds. The maximum absolute atomic E-state index is 12.5. The Kier molecular flexibility index (Phi) is 5.05. The van der Waals surface area contributed by atoms with Crippen LogP contribution in [0.5, 0.6) is 0 Å². The van der Waals surface area contributed by atoms with Crippen LogP contribution in [0.2, 0.25) is 0 Å². The van der Waals surface area contributed by atoms with Crippen molar-refractivity contribution in [2.24, 2.45) is 5.92 Å². The third kappa shape index (κ3) is 3.89. The van der Waals surface area contributed by atoms with E-state index in [-0.39, 0.29) is 17.9 Å². The van der Waals surface area contributed by atoms with Gasteiger partial charge in [-0.15, -0.1) is 11.3 Å². The van der Waals surface area contributed by atoms with Gasteiger partial charge < -0.3 is 5.32 Å². The number of carbonyl (C=O) groups is 1. The number of hydrogen-bond acceptors (Lipinski definition) is 4. The molecule has 1 atom stereocenters. The van der Waals surface area contributed by atoms with Gasteiger partial charge in [0.05, 0.1) is 25.0 Å². The van der Waals surface area contributed by atoms with Crippen molar-refractivity contribution in [2.45, 2.75) is 26.4 Å². The fraction of sp³-hybridized carbons (Fsp3) is 0.278. The first-order valence-electron chi connectivity index (χ1n) is 7.92. The number of nitrogens with one attached hydrogen (secondary N) is 1. The molecule has 0 fully saturated rings. The summed E-state index contributed by atoms with van der Waals surface area (Å²) in [4.78, 5) is 15.3. The summed E-state index contributed by atoms with van der Waals surface area (Å²) in [6.07, 6.45) is 3.28. The van der Waals surface area contributed by atoms with Crippen LogP contribution in [0.4, 0.5) is 0 Å². The Hall–Kier alpha value is -2.47. The molecule has 2 heterocycles. The van der Waals surface area contributed by atoms with Crippen molar-refractivity contribution in [3.63, 3.8) is 0 Å². The molecule has 3 rings (SSSR count). The van der Waals surface area contributed by atoms with Gasteiger partial charge in [0.15, 0.2) is 0 Å². The summed E-state index contributed by atoms with van der Waals surface area (Å²) in [5, 5.41) is 13.4. The zero-order valence-corrected chi connectivity index (χ0v) is 14.5. The minimum Gasteiger partial charge on any atom is -0.347 e. The van der Waals surface area contributed by atoms with Crippen LogP contribution in [0.25, 0.3) is 10.4 Å². The van der Waals surface area contributed by atoms with Gasteiger partial charge in [-0.05, 0) is 35.1 Å². The van der Waals surface area contributed by atoms with E-state index in [1.54, 1.807) is 28.5 Å². The van der Waals surface area contributed by atoms with E-state index in [0.29, 0.717) is 12.1 Å². The van der Waals surface area contributed by atoms with Crippen molar-refractivity contribution < 1.29 is 4.79 Å². The molecule has 0 unspecified atom stereocenters. The SMILES string of the molecule is CC(C)[C@@H](Cn1nccn1)NC(=O)c1ccc(-c2cccs2)cc1. The van der Waals surface area contributed by atoms with Crippen molar-refractivity contribution >= 4 is 17.2 Å². The maximum atomic E-state index is 12.5. The summed E-state index contributed by atoms with van der Waals surface area (Å²) < 4.78 is 0. The number of amides is 1. The van der Waals surface area contributed by atoms with Crippen molar-refractivity contribution in [2.75, 3.05) is 0 Å². The highest BCUT2D eigenvalue weighted by Crippen LogP contribution is 2.24. The molecule has 1 N–H and O–H groups in total. The zero-order chi connectivity index (χ0) is 16.9. The van der Waals surface area contributed by atoms with Gasteiger partial charge >= 0.3 is 0 Å². The fourth-order valence-electron chi connectivity index (χ4n) is 2.42. The highest BCUT2D eigenvalue weighted by Gasteiger charge is 2.18. The molecule has 24 heavy (non-hydrogen) atoms. The smallest absolute Gasteiger partial charge is 0.251 e. The summed E-state index contributed by atoms with van der Waals surface area (Å²) in [7, 11) is 0. The summed E-state index contributed by atoms with van der Waals surface area (Å²) in [5.74, 6) is 0.212. The third-order valence-electron chi connectivity index (χ3n) is 3.90. The molecule has 0 saturated carbocycles. The molecule has 0 radical (unpaired) electrons. The highest BCUT2D eigenvalue weighted by atomic mass is 32.1. The minimum absolute atomic E-state index is 0.0260. The monoisotopic (exact) mass is 340 g/mol. The molecule has 0 saturated heterocycles. The molecule has 1 aromatic carbocycles. The van der Waals surface area contributed by atoms with Crippen LogP contribution in [0.15, 0.2) is 54.2 Å². The van der Waals surface area contributed by atoms with Gasteiger partial charge in [0.25, 0.3) is 5.91 Å². The largest absolute Gasteiger partial charge is 0.347 e. The number of carbonyl (C=O) groups excluding carboxylic acids is 1. The number of benzene rings is 1. The van der Waals surface area contributed by atoms with Crippen molar-refractivity contribution in [1.82, 2.24) is 20.3 Å². The van der Waals surface area contributed by atoms with Gasteiger partial charge in [0.2, 0.25) is 0 Å². The van der Waals surface area contributed by atoms with E-state index in [0.717, 1.165) is 5.56 Å². The molecule has 2 aromatic heterocycles. The zero-order valence-electron chi connectivity index (χ0n) is 13.7. The highest BCUT2D eigenvalue weighted by molar-refractivity contribution is 7.13. The van der Waals surface area contributed by atoms with Gasteiger partial charge in [-0.2, -0.15) is 15.0 Å². The molecule has 0 spiro atoms. The number of nitrogens with zero attached hydrogens (tertiary/aromatic N) is 3. The van der Waals surface area contributed by atoms with Crippen LogP contribution in [-0.4, -0.2) is 26.9 Å². The topological polar surface area (TPSA) is 59.8 Å². The summed E-state index contributed by atoms with van der Waals surface area (Å²) >= 11 is 1.69. The Morgan fingerprint density at radius 3 is 2.46 bits per heavy atom. The molecule has 124 valence electrons. The molecule has 0 aliphatic heterocycles. The molecular weight excluding hydrogens is 320 g/mol. The molecule has 0 bridgehead atoms. The number of thiophene rings is 1. The average Bonchev–Trinajstić information content (AvgIpc) is 3.28. The van der Waals surface area contributed by atoms with Crippen LogP contribution in [0.1, 0.15) is 24.2 Å². The Labute approximate surface area is 145 Å². The number of aromatic nitrogens is 3. The predicted molar refractivity (Wildman–Crippen MR) is 95.9 cm³/mol. The lowest BCUT2D eigenvalue weighted by Gasteiger charge is -2.21. The van der Waals surface area contributed by atoms with Gasteiger partial charge in [0, 0.05) is 10.4 Å². The Morgan fingerprint density at radius 1 is 1.17 bits per heavy atom. The lowest BCUT2D eigenvalue weighted by molar-refractivity contribution is 0.0918. The van der Waals surface area contributed by atoms with Gasteiger partial charge in [-0.1, -0.05) is 32.0 Å². The number of rotatable bonds is 6. The second kappa shape index (κ2) is 7.40. The van der Waals surface area contributed by atoms with Gasteiger partial charge in [-0.3, -0.25) is 4.79 Å². The third-order valence-corrected chi connectivity index (χ3v) is 4.82. The van der Waals surface area contributed by atoms with Crippen LogP contribution in [0, 0.1) is 5.92 Å². The quantitative estimate of drug-likeness (QED) is 0.747. The first-order chi connectivity index (χ1) is 11.6. The summed E-state index contributed by atoms with van der Waals surface area (Å²) in [6.45, 7) is 4.71. The molecule has 6 heteroatoms. The van der Waals surface area contributed by atoms with E-state index in [9.17, 15) is 4.79 Å². The predicted octanol–water partition coefficient (Wildman–Crippen LogP) is 3.46. The number of hydrogen-bond donors (Lipinski definition) is 1. The van der Waals surface area contributed by atoms with E-state index in [4.69, 9.17) is 0 Å². The lowest BCUT2D eigenvalue weighted by Crippen LogP contribution is -2.42. The average molecular weight is 340 g/mol. The van der Waals surface area contributed by atoms with E-state index in [1.807, 2.05) is 35.7 Å². The summed E-state index contributed by atoms with van der Waals surface area (Å²) in [6, 6.07) is 11.8. The molecular formula is C18H20N4OS. The van der Waals surface area contributed by atoms with Crippen molar-refractivity contribution in [3.05, 3.63) is 59.7 Å². The molecule has 0 aliphatic rings. The Morgan fingerprint density at radius 2 is 1.88 bits per heavy atom. The van der Waals surface area contributed by atoms with Gasteiger partial charge in [0.1, 0.15) is 0 Å². The van der Waals surface area contributed by atoms with E-state index in [2.05, 4.69) is 35.4 Å². The summed E-state index contributed by atoms with van der Waals surface area (Å²) in [5.41, 5.74) is 1.79.